The van der Waals surface area contributed by atoms with Crippen LogP contribution in [0.15, 0.2) is 54.7 Å². The topological polar surface area (TPSA) is 167 Å². The van der Waals surface area contributed by atoms with Crippen molar-refractivity contribution in [1.29, 1.82) is 0 Å². The number of esters is 2. The highest BCUT2D eigenvalue weighted by Crippen LogP contribution is 2.16. The van der Waals surface area contributed by atoms with Gasteiger partial charge in [0.25, 0.3) is 11.8 Å². The number of nitrogens with two attached hydrogens (primary N) is 1. The fourth-order valence-electron chi connectivity index (χ4n) is 3.29. The van der Waals surface area contributed by atoms with E-state index in [9.17, 15) is 27.8 Å². The summed E-state index contributed by atoms with van der Waals surface area (Å²) in [6.07, 6.45) is 1.10. The van der Waals surface area contributed by atoms with Crippen LogP contribution in [0, 0.1) is 24.6 Å². The van der Waals surface area contributed by atoms with Gasteiger partial charge < -0.3 is 20.5 Å². The third kappa shape index (κ3) is 8.38. The van der Waals surface area contributed by atoms with Crippen molar-refractivity contribution in [2.75, 3.05) is 31.0 Å². The van der Waals surface area contributed by atoms with Crippen molar-refractivity contribution in [2.45, 2.75) is 6.92 Å². The molecule has 0 aliphatic carbocycles. The van der Waals surface area contributed by atoms with Crippen molar-refractivity contribution in [3.05, 3.63) is 88.4 Å². The highest BCUT2D eigenvalue weighted by molar-refractivity contribution is 8.01. The molecule has 0 spiro atoms. The third-order valence-corrected chi connectivity index (χ3v) is 7.09. The van der Waals surface area contributed by atoms with Crippen LogP contribution in [0.4, 0.5) is 15.9 Å². The first-order chi connectivity index (χ1) is 19.4. The van der Waals surface area contributed by atoms with Crippen molar-refractivity contribution < 1.29 is 37.3 Å². The molecule has 2 aromatic carbocycles. The Morgan fingerprint density at radius 1 is 1.05 bits per heavy atom. The Labute approximate surface area is 235 Å². The van der Waals surface area contributed by atoms with Crippen LogP contribution in [-0.2, 0) is 28.8 Å². The van der Waals surface area contributed by atoms with Crippen LogP contribution in [0.2, 0.25) is 0 Å². The van der Waals surface area contributed by atoms with E-state index < -0.39 is 45.0 Å². The molecule has 0 bridgehead atoms. The van der Waals surface area contributed by atoms with Crippen LogP contribution in [0.5, 0.6) is 0 Å². The largest absolute Gasteiger partial charge is 0.468 e. The maximum Gasteiger partial charge on any atom is 0.340 e. The second-order valence-corrected chi connectivity index (χ2v) is 10.6. The van der Waals surface area contributed by atoms with Gasteiger partial charge in [-0.05, 0) is 43.3 Å². The predicted octanol–water partition coefficient (Wildman–Crippen LogP) is 1.84. The number of ether oxygens (including phenoxy) is 2. The van der Waals surface area contributed by atoms with Gasteiger partial charge in [0, 0.05) is 17.4 Å². The number of nitrogens with one attached hydrogen (secondary N) is 2. The Balaban J connectivity index is 1.84. The van der Waals surface area contributed by atoms with E-state index in [2.05, 4.69) is 36.3 Å². The standard InChI is InChI=1S/C28H25FN4O7S/c1-17-7-10-23(29)22(11-17)28(37)32-21-6-4-5-18(12-21)8-9-19-13-20(14-31-26(19)30)27(36)33-41(38,15-24(34)39-2)16-25(35)40-3/h4-7,10-15H,16H2,1-3H3,(H2,30,31)(H,32,37)(H,33,36,38). The summed E-state index contributed by atoms with van der Waals surface area (Å²) in [4.78, 5) is 52.7. The van der Waals surface area contributed by atoms with Gasteiger partial charge in [-0.3, -0.25) is 19.1 Å². The molecular weight excluding hydrogens is 555 g/mol. The fraction of sp³-hybridized carbons (Fsp3) is 0.143. The number of nitrogen functional groups attached to an aromatic ring is 1. The van der Waals surface area contributed by atoms with Gasteiger partial charge in [-0.1, -0.05) is 29.5 Å². The lowest BCUT2D eigenvalue weighted by Crippen LogP contribution is -2.38. The van der Waals surface area contributed by atoms with Crippen molar-refractivity contribution in [2.24, 2.45) is 0 Å². The number of nitrogens with zero attached hydrogens (tertiary/aromatic N) is 1. The molecule has 1 aromatic heterocycles. The number of anilines is 2. The second kappa shape index (κ2) is 13.2. The normalized spacial score (nSPS) is 11.6. The van der Waals surface area contributed by atoms with E-state index >= 15 is 0 Å². The van der Waals surface area contributed by atoms with E-state index in [1.54, 1.807) is 37.3 Å². The second-order valence-electron chi connectivity index (χ2n) is 8.44. The molecule has 0 aliphatic rings. The lowest BCUT2D eigenvalue weighted by molar-refractivity contribution is -0.137. The van der Waals surface area contributed by atoms with Crippen molar-refractivity contribution >= 4 is 50.3 Å². The third-order valence-electron chi connectivity index (χ3n) is 5.32. The maximum absolute atomic E-state index is 14.1. The molecule has 0 radical (unpaired) electrons. The molecule has 1 unspecified atom stereocenters. The number of amides is 2. The number of methoxy groups -OCH3 is 2. The Morgan fingerprint density at radius 2 is 1.80 bits per heavy atom. The number of aromatic nitrogens is 1. The first-order valence-electron chi connectivity index (χ1n) is 11.7. The number of benzene rings is 2. The summed E-state index contributed by atoms with van der Waals surface area (Å²) in [5, 5.41) is 3.21. The molecule has 1 atom stereocenters. The summed E-state index contributed by atoms with van der Waals surface area (Å²) >= 11 is 0. The average Bonchev–Trinajstić information content (AvgIpc) is 2.93. The summed E-state index contributed by atoms with van der Waals surface area (Å²) in [5.41, 5.74) is 7.39. The quantitative estimate of drug-likeness (QED) is 0.215. The van der Waals surface area contributed by atoms with E-state index in [0.717, 1.165) is 26.0 Å². The summed E-state index contributed by atoms with van der Waals surface area (Å²) in [6, 6.07) is 11.9. The van der Waals surface area contributed by atoms with E-state index in [0.29, 0.717) is 16.6 Å². The minimum absolute atomic E-state index is 0.00940. The van der Waals surface area contributed by atoms with Gasteiger partial charge in [0.2, 0.25) is 0 Å². The number of carbonyl (C=O) groups is 4. The van der Waals surface area contributed by atoms with E-state index in [4.69, 9.17) is 5.73 Å². The van der Waals surface area contributed by atoms with Crippen LogP contribution >= 0.6 is 0 Å². The monoisotopic (exact) mass is 580 g/mol. The zero-order chi connectivity index (χ0) is 30.2. The first-order valence-corrected chi connectivity index (χ1v) is 13.5. The number of hydrogen-bond acceptors (Lipinski definition) is 9. The van der Waals surface area contributed by atoms with Gasteiger partial charge in [-0.2, -0.15) is 0 Å². The molecular formula is C28H25FN4O7S. The maximum atomic E-state index is 14.1. The van der Waals surface area contributed by atoms with Gasteiger partial charge in [0.05, 0.1) is 46.0 Å². The molecule has 212 valence electrons. The van der Waals surface area contributed by atoms with E-state index in [1.807, 2.05) is 0 Å². The minimum Gasteiger partial charge on any atom is -0.468 e. The number of carbonyl (C=O) groups excluding carboxylic acids is 4. The lowest BCUT2D eigenvalue weighted by Gasteiger charge is -2.12. The number of hydrogen-bond donors (Lipinski definition) is 3. The molecule has 13 heteroatoms. The van der Waals surface area contributed by atoms with E-state index in [-0.39, 0.29) is 22.5 Å². The van der Waals surface area contributed by atoms with Gasteiger partial charge in [0.15, 0.2) is 0 Å². The molecule has 0 fully saturated rings. The summed E-state index contributed by atoms with van der Waals surface area (Å²) in [6.45, 7) is 1.74. The number of pyridine rings is 1. The lowest BCUT2D eigenvalue weighted by atomic mass is 10.1. The summed E-state index contributed by atoms with van der Waals surface area (Å²) in [5.74, 6) is 0.651. The number of rotatable bonds is 7. The molecule has 0 saturated carbocycles. The molecule has 11 nitrogen and oxygen atoms in total. The highest BCUT2D eigenvalue weighted by Gasteiger charge is 2.21. The van der Waals surface area contributed by atoms with Gasteiger partial charge in [-0.25, -0.2) is 18.4 Å². The SMILES string of the molecule is COC(=O)C=S(=O)(CC(=O)OC)NC(=O)c1cnc(N)c(C#Cc2cccc(NC(=O)c3cc(C)ccc3F)c2)c1. The molecule has 0 saturated heterocycles. The molecule has 1 heterocycles. The number of halogens is 1. The van der Waals surface area contributed by atoms with Crippen LogP contribution < -0.4 is 15.8 Å². The Bertz CT molecular complexity index is 1720. The zero-order valence-electron chi connectivity index (χ0n) is 22.1. The van der Waals surface area contributed by atoms with Gasteiger partial charge in [0.1, 0.15) is 17.4 Å². The highest BCUT2D eigenvalue weighted by atomic mass is 32.2. The summed E-state index contributed by atoms with van der Waals surface area (Å²) < 4.78 is 38.3. The molecule has 3 rings (SSSR count). The first kappa shape index (κ1) is 30.3. The Hall–Kier alpha value is -5.22. The number of aryl methyl sites for hydroxylation is 1. The predicted molar refractivity (Wildman–Crippen MR) is 151 cm³/mol. The van der Waals surface area contributed by atoms with E-state index in [1.165, 1.54) is 18.2 Å². The smallest absolute Gasteiger partial charge is 0.340 e. The van der Waals surface area contributed by atoms with Crippen LogP contribution in [-0.4, -0.2) is 58.3 Å². The summed E-state index contributed by atoms with van der Waals surface area (Å²) in [7, 11) is -1.60. The van der Waals surface area contributed by atoms with Crippen LogP contribution in [0.25, 0.3) is 0 Å². The Morgan fingerprint density at radius 3 is 2.51 bits per heavy atom. The molecule has 0 aliphatic heterocycles. The van der Waals surface area contributed by atoms with Crippen molar-refractivity contribution in [3.8, 4) is 11.8 Å². The molecule has 3 aromatic rings. The van der Waals surface area contributed by atoms with Crippen LogP contribution in [0.1, 0.15) is 37.4 Å². The molecule has 4 N–H and O–H groups in total. The van der Waals surface area contributed by atoms with Crippen molar-refractivity contribution in [1.82, 2.24) is 9.71 Å². The van der Waals surface area contributed by atoms with Crippen molar-refractivity contribution in [3.63, 3.8) is 0 Å². The minimum atomic E-state index is -3.70. The van der Waals surface area contributed by atoms with Gasteiger partial charge >= 0.3 is 11.9 Å². The average molecular weight is 581 g/mol. The molecule has 2 amide bonds. The zero-order valence-corrected chi connectivity index (χ0v) is 23.0. The molecule has 41 heavy (non-hydrogen) atoms. The Kier molecular flexibility index (Phi) is 9.78. The van der Waals surface area contributed by atoms with Gasteiger partial charge in [-0.15, -0.1) is 0 Å². The van der Waals surface area contributed by atoms with Crippen LogP contribution in [0.3, 0.4) is 0 Å². The fourth-order valence-corrected chi connectivity index (χ4v) is 4.81.